The van der Waals surface area contributed by atoms with Gasteiger partial charge in [0.05, 0.1) is 0 Å². The van der Waals surface area contributed by atoms with E-state index in [2.05, 4.69) is 21.3 Å². The van der Waals surface area contributed by atoms with E-state index in [1.54, 1.807) is 6.20 Å². The molecule has 2 aromatic carbocycles. The molecule has 1 aliphatic rings. The summed E-state index contributed by atoms with van der Waals surface area (Å²) in [4.78, 5) is 20.0. The summed E-state index contributed by atoms with van der Waals surface area (Å²) in [5, 5.41) is 3.18. The normalized spacial score (nSPS) is 15.5. The van der Waals surface area contributed by atoms with E-state index < -0.39 is 0 Å². The molecule has 1 aromatic heterocycles. The summed E-state index contributed by atoms with van der Waals surface area (Å²) in [6, 6.07) is 17.6. The third-order valence-corrected chi connectivity index (χ3v) is 5.32. The molecule has 0 saturated carbocycles. The van der Waals surface area contributed by atoms with Crippen LogP contribution < -0.4 is 5.32 Å². The maximum Gasteiger partial charge on any atom is 0.252 e. The van der Waals surface area contributed by atoms with Gasteiger partial charge in [-0.2, -0.15) is 0 Å². The number of carbonyl (C=O) groups is 1. The Bertz CT molecular complexity index is 929. The van der Waals surface area contributed by atoms with Crippen molar-refractivity contribution >= 4 is 5.91 Å². The third-order valence-electron chi connectivity index (χ3n) is 5.32. The van der Waals surface area contributed by atoms with E-state index in [-0.39, 0.29) is 11.9 Å². The number of amides is 1. The Morgan fingerprint density at radius 2 is 1.89 bits per heavy atom. The number of nitrogens with one attached hydrogen (secondary N) is 1. The van der Waals surface area contributed by atoms with E-state index in [1.807, 2.05) is 66.3 Å². The highest BCUT2D eigenvalue weighted by molar-refractivity contribution is 5.94. The minimum atomic E-state index is -0.295. The molecule has 1 saturated heterocycles. The molecular weight excluding hydrogens is 348 g/mol. The molecule has 144 valence electrons. The van der Waals surface area contributed by atoms with Gasteiger partial charge in [-0.3, -0.25) is 9.69 Å². The van der Waals surface area contributed by atoms with Crippen molar-refractivity contribution in [2.75, 3.05) is 13.1 Å². The van der Waals surface area contributed by atoms with Crippen molar-refractivity contribution in [1.29, 1.82) is 0 Å². The fourth-order valence-electron chi connectivity index (χ4n) is 3.82. The summed E-state index contributed by atoms with van der Waals surface area (Å²) < 4.78 is 1.95. The van der Waals surface area contributed by atoms with Gasteiger partial charge < -0.3 is 9.88 Å². The predicted octanol–water partition coefficient (Wildman–Crippen LogP) is 3.54. The number of hydrogen-bond donors (Lipinski definition) is 1. The monoisotopic (exact) mass is 374 g/mol. The molecule has 1 N–H and O–H groups in total. The number of imidazole rings is 1. The van der Waals surface area contributed by atoms with Gasteiger partial charge in [0, 0.05) is 31.5 Å². The number of likely N-dealkylation sites (tertiary alicyclic amines) is 1. The lowest BCUT2D eigenvalue weighted by molar-refractivity contribution is 0.0941. The van der Waals surface area contributed by atoms with Crippen LogP contribution >= 0.6 is 0 Å². The smallest absolute Gasteiger partial charge is 0.252 e. The van der Waals surface area contributed by atoms with Crippen LogP contribution in [0.25, 0.3) is 0 Å². The van der Waals surface area contributed by atoms with Crippen molar-refractivity contribution in [3.8, 4) is 0 Å². The zero-order valence-electron chi connectivity index (χ0n) is 16.2. The molecule has 2 heterocycles. The van der Waals surface area contributed by atoms with Crippen LogP contribution in [0.1, 0.15) is 46.2 Å². The molecule has 1 fully saturated rings. The summed E-state index contributed by atoms with van der Waals surface area (Å²) in [6.45, 7) is 3.19. The van der Waals surface area contributed by atoms with E-state index in [0.717, 1.165) is 31.0 Å². The van der Waals surface area contributed by atoms with E-state index in [1.165, 1.54) is 18.4 Å². The second-order valence-electron chi connectivity index (χ2n) is 7.40. The van der Waals surface area contributed by atoms with Crippen LogP contribution in [0.3, 0.4) is 0 Å². The predicted molar refractivity (Wildman–Crippen MR) is 110 cm³/mol. The minimum absolute atomic E-state index is 0.0832. The summed E-state index contributed by atoms with van der Waals surface area (Å²) in [6.07, 6.45) is 6.19. The molecule has 1 aliphatic heterocycles. The fraction of sp³-hybridized carbons (Fsp3) is 0.304. The van der Waals surface area contributed by atoms with Gasteiger partial charge in [0.25, 0.3) is 5.91 Å². The fourth-order valence-corrected chi connectivity index (χ4v) is 3.82. The highest BCUT2D eigenvalue weighted by Crippen LogP contribution is 2.21. The molecule has 4 rings (SSSR count). The van der Waals surface area contributed by atoms with Gasteiger partial charge in [-0.1, -0.05) is 42.5 Å². The topological polar surface area (TPSA) is 50.2 Å². The van der Waals surface area contributed by atoms with Crippen LogP contribution in [-0.2, 0) is 13.6 Å². The third kappa shape index (κ3) is 4.15. The maximum absolute atomic E-state index is 13.1. The Balaban J connectivity index is 1.55. The van der Waals surface area contributed by atoms with E-state index in [0.29, 0.717) is 5.56 Å². The first-order valence-electron chi connectivity index (χ1n) is 9.85. The Kier molecular flexibility index (Phi) is 5.53. The Labute approximate surface area is 166 Å². The molecule has 28 heavy (non-hydrogen) atoms. The van der Waals surface area contributed by atoms with E-state index >= 15 is 0 Å². The first-order valence-corrected chi connectivity index (χ1v) is 9.85. The average Bonchev–Trinajstić information content (AvgIpc) is 3.38. The number of carbonyl (C=O) groups excluding carboxylic acids is 1. The van der Waals surface area contributed by atoms with Crippen molar-refractivity contribution in [2.45, 2.75) is 25.4 Å². The number of aromatic nitrogens is 2. The second-order valence-corrected chi connectivity index (χ2v) is 7.40. The van der Waals surface area contributed by atoms with Crippen molar-refractivity contribution in [3.63, 3.8) is 0 Å². The second kappa shape index (κ2) is 8.40. The molecule has 1 unspecified atom stereocenters. The lowest BCUT2D eigenvalue weighted by Crippen LogP contribution is -2.31. The molecule has 5 heteroatoms. The molecule has 5 nitrogen and oxygen atoms in total. The Hall–Kier alpha value is -2.92. The lowest BCUT2D eigenvalue weighted by Gasteiger charge is -2.20. The van der Waals surface area contributed by atoms with Crippen molar-refractivity contribution in [2.24, 2.45) is 7.05 Å². The zero-order valence-corrected chi connectivity index (χ0v) is 16.2. The minimum Gasteiger partial charge on any atom is -0.338 e. The van der Waals surface area contributed by atoms with Gasteiger partial charge in [0.1, 0.15) is 11.9 Å². The summed E-state index contributed by atoms with van der Waals surface area (Å²) >= 11 is 0. The molecule has 0 radical (unpaired) electrons. The molecule has 3 aromatic rings. The Morgan fingerprint density at radius 3 is 2.61 bits per heavy atom. The molecule has 1 amide bonds. The van der Waals surface area contributed by atoms with Crippen LogP contribution in [0.2, 0.25) is 0 Å². The zero-order chi connectivity index (χ0) is 19.3. The number of benzene rings is 2. The Morgan fingerprint density at radius 1 is 1.11 bits per heavy atom. The first-order chi connectivity index (χ1) is 13.7. The van der Waals surface area contributed by atoms with Gasteiger partial charge in [-0.05, 0) is 49.2 Å². The van der Waals surface area contributed by atoms with E-state index in [4.69, 9.17) is 0 Å². The molecular formula is C23H26N4O. The van der Waals surface area contributed by atoms with Gasteiger partial charge in [0.2, 0.25) is 0 Å². The number of nitrogens with zero attached hydrogens (tertiary/aromatic N) is 3. The molecule has 0 spiro atoms. The summed E-state index contributed by atoms with van der Waals surface area (Å²) in [7, 11) is 1.95. The van der Waals surface area contributed by atoms with Crippen molar-refractivity contribution in [3.05, 3.63) is 89.5 Å². The lowest BCUT2D eigenvalue weighted by atomic mass is 10.0. The number of aryl methyl sites for hydroxylation is 1. The summed E-state index contributed by atoms with van der Waals surface area (Å²) in [5.74, 6) is 0.730. The van der Waals surface area contributed by atoms with E-state index in [9.17, 15) is 4.79 Å². The van der Waals surface area contributed by atoms with Crippen LogP contribution in [0, 0.1) is 0 Å². The van der Waals surface area contributed by atoms with Crippen LogP contribution in [-0.4, -0.2) is 33.4 Å². The standard InChI is InChI=1S/C23H26N4O/c1-26-15-12-24-22(26)21(19-9-3-2-4-10-19)25-23(28)20-11-7-8-18(16-20)17-27-13-5-6-14-27/h2-4,7-12,15-16,21H,5-6,13-14,17H2,1H3,(H,25,28). The van der Waals surface area contributed by atoms with Crippen molar-refractivity contribution < 1.29 is 4.79 Å². The van der Waals surface area contributed by atoms with Gasteiger partial charge in [0.15, 0.2) is 0 Å². The van der Waals surface area contributed by atoms with Crippen LogP contribution in [0.4, 0.5) is 0 Å². The molecule has 0 aliphatic carbocycles. The molecule has 0 bridgehead atoms. The van der Waals surface area contributed by atoms with Crippen LogP contribution in [0.15, 0.2) is 67.0 Å². The number of hydrogen-bond acceptors (Lipinski definition) is 3. The first kappa shape index (κ1) is 18.4. The number of rotatable bonds is 6. The van der Waals surface area contributed by atoms with Crippen molar-refractivity contribution in [1.82, 2.24) is 19.8 Å². The van der Waals surface area contributed by atoms with Gasteiger partial charge in [-0.15, -0.1) is 0 Å². The van der Waals surface area contributed by atoms with Gasteiger partial charge >= 0.3 is 0 Å². The van der Waals surface area contributed by atoms with Gasteiger partial charge in [-0.25, -0.2) is 4.98 Å². The maximum atomic E-state index is 13.1. The molecule has 1 atom stereocenters. The summed E-state index contributed by atoms with van der Waals surface area (Å²) in [5.41, 5.74) is 2.88. The average molecular weight is 374 g/mol. The highest BCUT2D eigenvalue weighted by Gasteiger charge is 2.21. The SMILES string of the molecule is Cn1ccnc1C(NC(=O)c1cccc(CN2CCCC2)c1)c1ccccc1. The quantitative estimate of drug-likeness (QED) is 0.718. The highest BCUT2D eigenvalue weighted by atomic mass is 16.1. The largest absolute Gasteiger partial charge is 0.338 e. The van der Waals surface area contributed by atoms with Crippen LogP contribution in [0.5, 0.6) is 0 Å².